The first-order chi connectivity index (χ1) is 12.8. The molecule has 7 nitrogen and oxygen atoms in total. The molecule has 0 atom stereocenters. The molecular weight excluding hydrogens is 346 g/mol. The van der Waals surface area contributed by atoms with Crippen molar-refractivity contribution in [2.24, 2.45) is 11.8 Å². The van der Waals surface area contributed by atoms with E-state index in [9.17, 15) is 14.4 Å². The summed E-state index contributed by atoms with van der Waals surface area (Å²) in [7, 11) is 0. The molecule has 1 aliphatic heterocycles. The molecule has 2 aromatic rings. The van der Waals surface area contributed by atoms with Crippen LogP contribution in [-0.4, -0.2) is 45.4 Å². The van der Waals surface area contributed by atoms with Crippen molar-refractivity contribution in [2.75, 3.05) is 18.4 Å². The Morgan fingerprint density at radius 2 is 1.89 bits per heavy atom. The summed E-state index contributed by atoms with van der Waals surface area (Å²) in [6.45, 7) is 4.92. The number of nitrogens with zero attached hydrogens (tertiary/aromatic N) is 2. The molecule has 1 aromatic heterocycles. The second-order valence-corrected chi connectivity index (χ2v) is 7.35. The molecule has 1 saturated heterocycles. The number of fused-ring (bicyclic) bond motifs is 1. The third kappa shape index (κ3) is 4.30. The van der Waals surface area contributed by atoms with E-state index in [2.05, 4.69) is 5.32 Å². The summed E-state index contributed by atoms with van der Waals surface area (Å²) < 4.78 is 1.66. The first-order valence-electron chi connectivity index (χ1n) is 9.25. The summed E-state index contributed by atoms with van der Waals surface area (Å²) in [4.78, 5) is 37.3. The number of amides is 2. The summed E-state index contributed by atoms with van der Waals surface area (Å²) in [5, 5.41) is 12.8. The van der Waals surface area contributed by atoms with Crippen LogP contribution in [0.1, 0.15) is 26.7 Å². The number of piperidine rings is 1. The van der Waals surface area contributed by atoms with Gasteiger partial charge in [0.1, 0.15) is 6.54 Å². The SMILES string of the molecule is CC(C)C(=O)N1CCC(C(=O)Nc2ccc3c(ccn3CC(=O)O)c2)CC1. The Balaban J connectivity index is 1.61. The standard InChI is InChI=1S/C20H25N3O4/c1-13(2)20(27)22-8-5-14(6-9-22)19(26)21-16-3-4-17-15(11-16)7-10-23(17)12-18(24)25/h3-4,7,10-11,13-14H,5-6,8-9,12H2,1-2H3,(H,21,26)(H,24,25). The van der Waals surface area contributed by atoms with Crippen molar-refractivity contribution < 1.29 is 19.5 Å². The van der Waals surface area contributed by atoms with E-state index < -0.39 is 5.97 Å². The van der Waals surface area contributed by atoms with Gasteiger partial charge in [0.2, 0.25) is 11.8 Å². The molecule has 1 aromatic carbocycles. The maximum atomic E-state index is 12.6. The zero-order valence-electron chi connectivity index (χ0n) is 15.6. The fourth-order valence-corrected chi connectivity index (χ4v) is 3.53. The lowest BCUT2D eigenvalue weighted by atomic mass is 9.95. The molecule has 2 N–H and O–H groups in total. The highest BCUT2D eigenvalue weighted by molar-refractivity contribution is 5.95. The van der Waals surface area contributed by atoms with E-state index in [4.69, 9.17) is 5.11 Å². The molecule has 0 aliphatic carbocycles. The number of likely N-dealkylation sites (tertiary alicyclic amines) is 1. The number of rotatable bonds is 5. The Morgan fingerprint density at radius 3 is 2.52 bits per heavy atom. The highest BCUT2D eigenvalue weighted by atomic mass is 16.4. The van der Waals surface area contributed by atoms with Gasteiger partial charge in [-0.1, -0.05) is 13.8 Å². The topological polar surface area (TPSA) is 91.6 Å². The van der Waals surface area contributed by atoms with Crippen molar-refractivity contribution in [1.29, 1.82) is 0 Å². The van der Waals surface area contributed by atoms with E-state index in [1.165, 1.54) is 0 Å². The van der Waals surface area contributed by atoms with E-state index >= 15 is 0 Å². The number of carboxylic acids is 1. The predicted molar refractivity (Wildman–Crippen MR) is 102 cm³/mol. The molecule has 27 heavy (non-hydrogen) atoms. The van der Waals surface area contributed by atoms with Crippen LogP contribution in [0.3, 0.4) is 0 Å². The van der Waals surface area contributed by atoms with E-state index in [-0.39, 0.29) is 30.2 Å². The van der Waals surface area contributed by atoms with E-state index in [1.807, 2.05) is 36.9 Å². The normalized spacial score (nSPS) is 15.3. The number of carboxylic acid groups (broad SMARTS) is 1. The Hall–Kier alpha value is -2.83. The second-order valence-electron chi connectivity index (χ2n) is 7.35. The number of aromatic nitrogens is 1. The van der Waals surface area contributed by atoms with E-state index in [1.54, 1.807) is 16.8 Å². The van der Waals surface area contributed by atoms with Crippen LogP contribution in [-0.2, 0) is 20.9 Å². The average molecular weight is 371 g/mol. The van der Waals surface area contributed by atoms with Crippen LogP contribution in [0.2, 0.25) is 0 Å². The van der Waals surface area contributed by atoms with Crippen molar-refractivity contribution in [2.45, 2.75) is 33.2 Å². The number of hydrogen-bond donors (Lipinski definition) is 2. The van der Waals surface area contributed by atoms with Crippen LogP contribution in [0, 0.1) is 11.8 Å². The first-order valence-corrected chi connectivity index (χ1v) is 9.25. The molecule has 0 unspecified atom stereocenters. The summed E-state index contributed by atoms with van der Waals surface area (Å²) in [5.74, 6) is -0.905. The number of benzene rings is 1. The largest absolute Gasteiger partial charge is 0.480 e. The van der Waals surface area contributed by atoms with Crippen LogP contribution in [0.25, 0.3) is 10.9 Å². The molecular formula is C20H25N3O4. The van der Waals surface area contributed by atoms with Gasteiger partial charge in [-0.15, -0.1) is 0 Å². The number of nitrogens with one attached hydrogen (secondary N) is 1. The second kappa shape index (κ2) is 7.82. The number of anilines is 1. The molecule has 0 bridgehead atoms. The Bertz CT molecular complexity index is 863. The molecule has 144 valence electrons. The maximum Gasteiger partial charge on any atom is 0.323 e. The minimum absolute atomic E-state index is 0.0180. The van der Waals surface area contributed by atoms with Crippen molar-refractivity contribution in [3.8, 4) is 0 Å². The fraction of sp³-hybridized carbons (Fsp3) is 0.450. The molecule has 3 rings (SSSR count). The Labute approximate surface area is 157 Å². The quantitative estimate of drug-likeness (QED) is 0.845. The van der Waals surface area contributed by atoms with Crippen LogP contribution in [0.15, 0.2) is 30.5 Å². The molecule has 2 heterocycles. The Morgan fingerprint density at radius 1 is 1.19 bits per heavy atom. The molecule has 0 spiro atoms. The van der Waals surface area contributed by atoms with Crippen LogP contribution < -0.4 is 5.32 Å². The van der Waals surface area contributed by atoms with Crippen LogP contribution >= 0.6 is 0 Å². The molecule has 7 heteroatoms. The number of aliphatic carboxylic acids is 1. The van der Waals surface area contributed by atoms with Crippen LogP contribution in [0.5, 0.6) is 0 Å². The van der Waals surface area contributed by atoms with Gasteiger partial charge in [0, 0.05) is 47.7 Å². The van der Waals surface area contributed by atoms with Gasteiger partial charge in [-0.2, -0.15) is 0 Å². The lowest BCUT2D eigenvalue weighted by molar-refractivity contribution is -0.138. The molecule has 2 amide bonds. The lowest BCUT2D eigenvalue weighted by Gasteiger charge is -2.32. The zero-order chi connectivity index (χ0) is 19.6. The highest BCUT2D eigenvalue weighted by Crippen LogP contribution is 2.24. The number of carbonyl (C=O) groups is 3. The zero-order valence-corrected chi connectivity index (χ0v) is 15.6. The minimum atomic E-state index is -0.896. The molecule has 0 radical (unpaired) electrons. The third-order valence-corrected chi connectivity index (χ3v) is 5.02. The van der Waals surface area contributed by atoms with Gasteiger partial charge in [-0.3, -0.25) is 14.4 Å². The van der Waals surface area contributed by atoms with Gasteiger partial charge >= 0.3 is 5.97 Å². The van der Waals surface area contributed by atoms with Gasteiger partial charge in [0.05, 0.1) is 0 Å². The predicted octanol–water partition coefficient (Wildman–Crippen LogP) is 2.56. The van der Waals surface area contributed by atoms with Crippen molar-refractivity contribution in [3.05, 3.63) is 30.5 Å². The third-order valence-electron chi connectivity index (χ3n) is 5.02. The first kappa shape index (κ1) is 18.9. The van der Waals surface area contributed by atoms with Crippen molar-refractivity contribution >= 4 is 34.4 Å². The summed E-state index contributed by atoms with van der Waals surface area (Å²) in [6.07, 6.45) is 3.06. The molecule has 1 aliphatic rings. The lowest BCUT2D eigenvalue weighted by Crippen LogP contribution is -2.43. The summed E-state index contributed by atoms with van der Waals surface area (Å²) >= 11 is 0. The van der Waals surface area contributed by atoms with Gasteiger partial charge in [0.25, 0.3) is 0 Å². The van der Waals surface area contributed by atoms with Gasteiger partial charge in [-0.05, 0) is 37.1 Å². The average Bonchev–Trinajstić information content (AvgIpc) is 3.02. The fourth-order valence-electron chi connectivity index (χ4n) is 3.53. The maximum absolute atomic E-state index is 12.6. The van der Waals surface area contributed by atoms with Crippen molar-refractivity contribution in [3.63, 3.8) is 0 Å². The van der Waals surface area contributed by atoms with E-state index in [0.717, 1.165) is 10.9 Å². The number of carbonyl (C=O) groups excluding carboxylic acids is 2. The summed E-state index contributed by atoms with van der Waals surface area (Å²) in [5.41, 5.74) is 1.51. The van der Waals surface area contributed by atoms with Crippen LogP contribution in [0.4, 0.5) is 5.69 Å². The minimum Gasteiger partial charge on any atom is -0.480 e. The van der Waals surface area contributed by atoms with Gasteiger partial charge in [-0.25, -0.2) is 0 Å². The Kier molecular flexibility index (Phi) is 5.48. The molecule has 1 fully saturated rings. The monoisotopic (exact) mass is 371 g/mol. The van der Waals surface area contributed by atoms with Gasteiger partial charge in [0.15, 0.2) is 0 Å². The highest BCUT2D eigenvalue weighted by Gasteiger charge is 2.28. The number of hydrogen-bond acceptors (Lipinski definition) is 3. The molecule has 0 saturated carbocycles. The van der Waals surface area contributed by atoms with Gasteiger partial charge < -0.3 is 19.9 Å². The summed E-state index contributed by atoms with van der Waals surface area (Å²) in [6, 6.07) is 7.29. The van der Waals surface area contributed by atoms with E-state index in [0.29, 0.717) is 31.6 Å². The van der Waals surface area contributed by atoms with Crippen molar-refractivity contribution in [1.82, 2.24) is 9.47 Å². The smallest absolute Gasteiger partial charge is 0.323 e.